The van der Waals surface area contributed by atoms with E-state index >= 15 is 0 Å². The molecule has 5 nitrogen and oxygen atoms in total. The third kappa shape index (κ3) is 614. The Hall–Kier alpha value is -0.350. The Labute approximate surface area is 45.4 Å². The molecule has 0 aromatic rings. The molecule has 6 heteroatoms. The largest absolute Gasteiger partial charge is 0.433 e. The van der Waals surface area contributed by atoms with E-state index in [1.54, 1.807) is 0 Å². The van der Waals surface area contributed by atoms with Gasteiger partial charge in [0.15, 0.2) is 6.19 Å². The van der Waals surface area contributed by atoms with Crippen molar-refractivity contribution in [2.75, 3.05) is 0 Å². The van der Waals surface area contributed by atoms with Crippen LogP contribution in [0.4, 0.5) is 0 Å². The van der Waals surface area contributed by atoms with Crippen LogP contribution in [0.2, 0.25) is 0 Å². The van der Waals surface area contributed by atoms with Crippen LogP contribution >= 0.6 is 0 Å². The van der Waals surface area contributed by atoms with Crippen LogP contribution in [-0.4, -0.2) is 4.20 Å². The predicted octanol–water partition coefficient (Wildman–Crippen LogP) is -3.51. The minimum atomic E-state index is -3.40. The fourth-order valence-corrected chi connectivity index (χ4v) is 0. The smallest absolute Gasteiger partial charge is 0.372 e. The van der Waals surface area contributed by atoms with E-state index in [1.165, 1.54) is 6.19 Å². The van der Waals surface area contributed by atoms with Gasteiger partial charge in [0.2, 0.25) is 0 Å². The van der Waals surface area contributed by atoms with Gasteiger partial charge in [-0.15, -0.1) is 0 Å². The Balaban J connectivity index is 0. The molecule has 42 valence electrons. The van der Waals surface area contributed by atoms with Gasteiger partial charge in [-0.2, -0.15) is 5.26 Å². The van der Waals surface area contributed by atoms with Crippen molar-refractivity contribution in [1.82, 2.24) is 0 Å². The van der Waals surface area contributed by atoms with E-state index in [0.29, 0.717) is 0 Å². The summed E-state index contributed by atoms with van der Waals surface area (Å²) in [5.74, 6) is 0. The summed E-state index contributed by atoms with van der Waals surface area (Å²) in [5, 5.41) is 7.10. The molecule has 0 atom stereocenters. The molecule has 0 aliphatic carbocycles. The van der Waals surface area contributed by atoms with Crippen LogP contribution < -0.4 is 14.1 Å². The summed E-state index contributed by atoms with van der Waals surface area (Å²) in [6.45, 7) is 0. The van der Waals surface area contributed by atoms with Crippen molar-refractivity contribution in [3.05, 3.63) is 0 Å². The number of rotatable bonds is 0. The van der Waals surface area contributed by atoms with E-state index < -0.39 is 14.8 Å². The van der Waals surface area contributed by atoms with Crippen molar-refractivity contribution in [3.8, 4) is 6.19 Å². The molecule has 0 aromatic carbocycles. The van der Waals surface area contributed by atoms with Crippen LogP contribution in [0.15, 0.2) is 0 Å². The number of hydrogen-bond acceptors (Lipinski definition) is 5. The number of nitriles is 1. The lowest BCUT2D eigenvalue weighted by Gasteiger charge is -1.69. The van der Waals surface area contributed by atoms with Crippen molar-refractivity contribution < 1.29 is 27.4 Å². The standard InChI is InChI=1S/CH2N2.BrHO3/c2-1-3;2-1(3)4/h2H2;2H. The maximum Gasteiger partial charge on any atom is 0.433 e. The first-order valence-corrected chi connectivity index (χ1v) is 2.99. The number of nitrogens with zero attached hydrogens (tertiary/aromatic N) is 1. The average Bonchev–Trinajstić information content (AvgIpc) is 1.33. The highest BCUT2D eigenvalue weighted by Gasteiger charge is 1.86. The second-order valence-electron chi connectivity index (χ2n) is 0.330. The Kier molecular flexibility index (Phi) is 12.9. The van der Waals surface area contributed by atoms with Crippen molar-refractivity contribution in [2.45, 2.75) is 0 Å². The molecule has 7 heavy (non-hydrogen) atoms. The molecule has 0 saturated heterocycles. The summed E-state index contributed by atoms with van der Waals surface area (Å²) in [6, 6.07) is 0. The van der Waals surface area contributed by atoms with Gasteiger partial charge in [0.1, 0.15) is 0 Å². The lowest BCUT2D eigenvalue weighted by atomic mass is 11.5. The molecule has 0 radical (unpaired) electrons. The molecule has 0 rings (SSSR count). The van der Waals surface area contributed by atoms with E-state index in [1.807, 2.05) is 0 Å². The molecule has 0 aromatic heterocycles. The first-order valence-electron chi connectivity index (χ1n) is 0.990. The minimum absolute atomic E-state index is 1.25. The van der Waals surface area contributed by atoms with Crippen molar-refractivity contribution in [2.24, 2.45) is 5.73 Å². The first kappa shape index (κ1) is 9.82. The second-order valence-corrected chi connectivity index (χ2v) is 1.17. The Morgan fingerprint density at radius 2 is 1.71 bits per heavy atom. The highest BCUT2D eigenvalue weighted by Crippen LogP contribution is 1.38. The number of nitrogens with two attached hydrogens (primary N) is 1. The zero-order valence-electron chi connectivity index (χ0n) is 3.17. The molecule has 0 unspecified atom stereocenters. The molecular formula is CH3BrN2O3. The van der Waals surface area contributed by atoms with Gasteiger partial charge in [-0.25, -0.2) is 0 Å². The predicted molar refractivity (Wildman–Crippen MR) is 12.0 cm³/mol. The van der Waals surface area contributed by atoms with Gasteiger partial charge in [0, 0.05) is 0 Å². The maximum absolute atomic E-state index is 8.63. The van der Waals surface area contributed by atoms with Gasteiger partial charge >= 0.3 is 14.8 Å². The van der Waals surface area contributed by atoms with Gasteiger partial charge in [0.25, 0.3) is 0 Å². The maximum atomic E-state index is 8.63. The minimum Gasteiger partial charge on any atom is -0.372 e. The van der Waals surface area contributed by atoms with E-state index in [4.69, 9.17) is 17.9 Å². The Morgan fingerprint density at radius 1 is 1.71 bits per heavy atom. The Morgan fingerprint density at radius 3 is 1.71 bits per heavy atom. The highest BCUT2D eigenvalue weighted by molar-refractivity contribution is 4.46. The highest BCUT2D eigenvalue weighted by atomic mass is 80.0. The van der Waals surface area contributed by atoms with Gasteiger partial charge in [-0.05, 0) is 4.20 Å². The zero-order valence-corrected chi connectivity index (χ0v) is 4.75. The molecule has 0 aliphatic heterocycles. The molecule has 0 spiro atoms. The second kappa shape index (κ2) is 9.17. The zero-order chi connectivity index (χ0) is 6.28. The van der Waals surface area contributed by atoms with E-state index in [0.717, 1.165) is 0 Å². The quantitative estimate of drug-likeness (QED) is 0.289. The summed E-state index contributed by atoms with van der Waals surface area (Å²) < 4.78 is 24.3. The van der Waals surface area contributed by atoms with Gasteiger partial charge < -0.3 is 14.1 Å². The molecule has 0 heterocycles. The van der Waals surface area contributed by atoms with E-state index in [-0.39, 0.29) is 0 Å². The van der Waals surface area contributed by atoms with Gasteiger partial charge in [0.05, 0.1) is 0 Å². The fourth-order valence-electron chi connectivity index (χ4n) is 0. The third-order valence-corrected chi connectivity index (χ3v) is 0. The summed E-state index contributed by atoms with van der Waals surface area (Å²) in [5.41, 5.74) is 4.15. The van der Waals surface area contributed by atoms with E-state index in [9.17, 15) is 0 Å². The number of halogens is 1. The van der Waals surface area contributed by atoms with Crippen LogP contribution in [0, 0.1) is 26.3 Å². The first-order chi connectivity index (χ1) is 3.15. The van der Waals surface area contributed by atoms with Crippen molar-refractivity contribution >= 4 is 0 Å². The average molecular weight is 171 g/mol. The monoisotopic (exact) mass is 170 g/mol. The number of hydrogen-bond donors (Lipinski definition) is 2. The van der Waals surface area contributed by atoms with Gasteiger partial charge in [-0.1, -0.05) is 0 Å². The van der Waals surface area contributed by atoms with Gasteiger partial charge in [-0.3, -0.25) is 0 Å². The summed E-state index contributed by atoms with van der Waals surface area (Å²) >= 11 is -3.40. The van der Waals surface area contributed by atoms with Crippen LogP contribution in [0.1, 0.15) is 0 Å². The molecular weight excluding hydrogens is 168 g/mol. The molecule has 0 saturated carbocycles. The van der Waals surface area contributed by atoms with Crippen LogP contribution in [0.3, 0.4) is 0 Å². The molecule has 0 aliphatic rings. The summed E-state index contributed by atoms with van der Waals surface area (Å²) in [7, 11) is 0. The molecule has 0 bridgehead atoms. The third-order valence-electron chi connectivity index (χ3n) is 0. The fraction of sp³-hybridized carbons (Fsp3) is 0. The molecule has 0 fully saturated rings. The topological polar surface area (TPSA) is 116 Å². The van der Waals surface area contributed by atoms with Crippen molar-refractivity contribution in [1.29, 1.82) is 5.26 Å². The van der Waals surface area contributed by atoms with Crippen LogP contribution in [0.5, 0.6) is 0 Å². The van der Waals surface area contributed by atoms with Crippen LogP contribution in [-0.2, 0) is 0 Å². The van der Waals surface area contributed by atoms with E-state index in [2.05, 4.69) is 5.73 Å². The Bertz CT molecular complexity index is 55.7. The van der Waals surface area contributed by atoms with Crippen LogP contribution in [0.25, 0.3) is 0 Å². The lowest BCUT2D eigenvalue weighted by molar-refractivity contribution is -1.63. The lowest BCUT2D eigenvalue weighted by Crippen LogP contribution is -2.30. The molecule has 0 amide bonds. The van der Waals surface area contributed by atoms with Crippen molar-refractivity contribution in [3.63, 3.8) is 0 Å². The SMILES string of the molecule is N#CN.[O-][Br+2]([O-])O. The summed E-state index contributed by atoms with van der Waals surface area (Å²) in [6.07, 6.45) is 1.25. The normalized spacial score (nSPS) is 6.14. The summed E-state index contributed by atoms with van der Waals surface area (Å²) in [4.78, 5) is 0. The molecule has 3 N–H and O–H groups in total.